The molecule has 1 aliphatic heterocycles. The molecule has 6 nitrogen and oxygen atoms in total. The van der Waals surface area contributed by atoms with Crippen LogP contribution in [0.3, 0.4) is 0 Å². The summed E-state index contributed by atoms with van der Waals surface area (Å²) in [7, 11) is -2.01. The molecule has 0 radical (unpaired) electrons. The molecule has 0 saturated carbocycles. The summed E-state index contributed by atoms with van der Waals surface area (Å²) < 4.78 is 27.1. The number of carboxylic acid groups (broad SMARTS) is 1. The molecule has 1 rings (SSSR count). The van der Waals surface area contributed by atoms with Crippen LogP contribution in [0.15, 0.2) is 12.7 Å². The molecule has 1 heterocycles. The van der Waals surface area contributed by atoms with Crippen molar-refractivity contribution in [2.24, 2.45) is 5.92 Å². The quantitative estimate of drug-likeness (QED) is 0.559. The maximum atomic E-state index is 12.3. The topological polar surface area (TPSA) is 77.9 Å². The fourth-order valence-electron chi connectivity index (χ4n) is 2.12. The minimum atomic E-state index is -3.54. The van der Waals surface area contributed by atoms with Gasteiger partial charge in [-0.15, -0.1) is 6.58 Å². The Balaban J connectivity index is 2.65. The van der Waals surface area contributed by atoms with E-state index in [9.17, 15) is 13.2 Å². The molecule has 1 atom stereocenters. The van der Waals surface area contributed by atoms with Crippen LogP contribution in [-0.4, -0.2) is 54.8 Å². The Kier molecular flexibility index (Phi) is 5.96. The minimum Gasteiger partial charge on any atom is -0.481 e. The van der Waals surface area contributed by atoms with E-state index >= 15 is 0 Å². The van der Waals surface area contributed by atoms with Gasteiger partial charge in [0.1, 0.15) is 0 Å². The molecule has 19 heavy (non-hydrogen) atoms. The number of rotatable bonds is 7. The number of hydrogen-bond acceptors (Lipinski definition) is 3. The molecule has 0 amide bonds. The zero-order chi connectivity index (χ0) is 14.5. The third-order valence-electron chi connectivity index (χ3n) is 3.33. The van der Waals surface area contributed by atoms with E-state index < -0.39 is 22.1 Å². The van der Waals surface area contributed by atoms with E-state index in [0.29, 0.717) is 25.9 Å². The van der Waals surface area contributed by atoms with Crippen LogP contribution in [0.1, 0.15) is 25.7 Å². The average molecular weight is 290 g/mol. The van der Waals surface area contributed by atoms with Gasteiger partial charge in [0.05, 0.1) is 5.92 Å². The monoisotopic (exact) mass is 290 g/mol. The van der Waals surface area contributed by atoms with E-state index in [4.69, 9.17) is 5.11 Å². The van der Waals surface area contributed by atoms with Gasteiger partial charge in [-0.2, -0.15) is 17.0 Å². The van der Waals surface area contributed by atoms with Gasteiger partial charge in [-0.05, 0) is 25.7 Å². The van der Waals surface area contributed by atoms with E-state index in [2.05, 4.69) is 6.58 Å². The van der Waals surface area contributed by atoms with Gasteiger partial charge in [0.15, 0.2) is 0 Å². The van der Waals surface area contributed by atoms with E-state index in [0.717, 1.165) is 12.8 Å². The second-order valence-corrected chi connectivity index (χ2v) is 6.83. The minimum absolute atomic E-state index is 0.0729. The fourth-order valence-corrected chi connectivity index (χ4v) is 3.61. The molecule has 1 unspecified atom stereocenters. The number of allylic oxidation sites excluding steroid dienone is 1. The first-order valence-electron chi connectivity index (χ1n) is 6.44. The SMILES string of the molecule is C=CCCCN(C)S(=O)(=O)N1CCCC(C(=O)O)C1. The lowest BCUT2D eigenvalue weighted by atomic mass is 10.0. The van der Waals surface area contributed by atoms with Crippen molar-refractivity contribution in [2.45, 2.75) is 25.7 Å². The standard InChI is InChI=1S/C12H22N2O4S/c1-3-4-5-8-13(2)19(17,18)14-9-6-7-11(10-14)12(15)16/h3,11H,1,4-10H2,2H3,(H,15,16). The molecule has 0 aromatic rings. The molecular formula is C12H22N2O4S. The maximum absolute atomic E-state index is 12.3. The number of carbonyl (C=O) groups is 1. The summed E-state index contributed by atoms with van der Waals surface area (Å²) in [4.78, 5) is 11.0. The first-order chi connectivity index (χ1) is 8.89. The van der Waals surface area contributed by atoms with Crippen LogP contribution in [0.2, 0.25) is 0 Å². The number of hydrogen-bond donors (Lipinski definition) is 1. The molecular weight excluding hydrogens is 268 g/mol. The molecule has 0 spiro atoms. The second kappa shape index (κ2) is 7.02. The predicted octanol–water partition coefficient (Wildman–Crippen LogP) is 0.926. The summed E-state index contributed by atoms with van der Waals surface area (Å²) in [5.41, 5.74) is 0. The molecule has 110 valence electrons. The molecule has 0 bridgehead atoms. The lowest BCUT2D eigenvalue weighted by Gasteiger charge is -2.32. The number of piperidine rings is 1. The Morgan fingerprint density at radius 3 is 2.84 bits per heavy atom. The van der Waals surface area contributed by atoms with Crippen molar-refractivity contribution >= 4 is 16.2 Å². The smallest absolute Gasteiger partial charge is 0.307 e. The number of carboxylic acids is 1. The summed E-state index contributed by atoms with van der Waals surface area (Å²) >= 11 is 0. The lowest BCUT2D eigenvalue weighted by Crippen LogP contribution is -2.48. The van der Waals surface area contributed by atoms with Crippen molar-refractivity contribution in [3.05, 3.63) is 12.7 Å². The van der Waals surface area contributed by atoms with Gasteiger partial charge in [0.25, 0.3) is 10.2 Å². The summed E-state index contributed by atoms with van der Waals surface area (Å²) in [6, 6.07) is 0. The Morgan fingerprint density at radius 2 is 2.26 bits per heavy atom. The molecule has 7 heteroatoms. The molecule has 0 aliphatic carbocycles. The predicted molar refractivity (Wildman–Crippen MR) is 72.9 cm³/mol. The number of nitrogens with zero attached hydrogens (tertiary/aromatic N) is 2. The molecule has 0 aromatic carbocycles. The van der Waals surface area contributed by atoms with E-state index in [1.165, 1.54) is 15.7 Å². The Labute approximate surface area is 114 Å². The van der Waals surface area contributed by atoms with Gasteiger partial charge < -0.3 is 5.11 Å². The third kappa shape index (κ3) is 4.29. The first kappa shape index (κ1) is 16.1. The highest BCUT2D eigenvalue weighted by atomic mass is 32.2. The Bertz CT molecular complexity index is 421. The van der Waals surface area contributed by atoms with Crippen LogP contribution in [0.5, 0.6) is 0 Å². The van der Waals surface area contributed by atoms with Crippen LogP contribution >= 0.6 is 0 Å². The summed E-state index contributed by atoms with van der Waals surface area (Å²) in [6.07, 6.45) is 4.37. The van der Waals surface area contributed by atoms with Crippen molar-refractivity contribution < 1.29 is 18.3 Å². The van der Waals surface area contributed by atoms with Crippen molar-refractivity contribution in [2.75, 3.05) is 26.7 Å². The van der Waals surface area contributed by atoms with Gasteiger partial charge in [0.2, 0.25) is 0 Å². The van der Waals surface area contributed by atoms with Crippen LogP contribution in [0.4, 0.5) is 0 Å². The van der Waals surface area contributed by atoms with Crippen LogP contribution in [0.25, 0.3) is 0 Å². The summed E-state index contributed by atoms with van der Waals surface area (Å²) in [6.45, 7) is 4.49. The zero-order valence-electron chi connectivity index (χ0n) is 11.3. The van der Waals surface area contributed by atoms with Crippen molar-refractivity contribution in [3.63, 3.8) is 0 Å². The van der Waals surface area contributed by atoms with Crippen molar-refractivity contribution in [3.8, 4) is 0 Å². The van der Waals surface area contributed by atoms with Gasteiger partial charge in [0, 0.05) is 26.7 Å². The van der Waals surface area contributed by atoms with E-state index in [-0.39, 0.29) is 6.54 Å². The Morgan fingerprint density at radius 1 is 1.58 bits per heavy atom. The number of unbranched alkanes of at least 4 members (excludes halogenated alkanes) is 1. The van der Waals surface area contributed by atoms with E-state index in [1.54, 1.807) is 6.08 Å². The Hall–Kier alpha value is -0.920. The first-order valence-corrected chi connectivity index (χ1v) is 7.84. The van der Waals surface area contributed by atoms with E-state index in [1.807, 2.05) is 0 Å². The fraction of sp³-hybridized carbons (Fsp3) is 0.750. The molecule has 1 aliphatic rings. The average Bonchev–Trinajstić information content (AvgIpc) is 2.39. The molecule has 1 fully saturated rings. The highest BCUT2D eigenvalue weighted by molar-refractivity contribution is 7.86. The van der Waals surface area contributed by atoms with Crippen LogP contribution < -0.4 is 0 Å². The molecule has 1 N–H and O–H groups in total. The zero-order valence-corrected chi connectivity index (χ0v) is 12.1. The third-order valence-corrected chi connectivity index (χ3v) is 5.29. The maximum Gasteiger partial charge on any atom is 0.307 e. The lowest BCUT2D eigenvalue weighted by molar-refractivity contribution is -0.142. The van der Waals surface area contributed by atoms with Gasteiger partial charge in [-0.3, -0.25) is 4.79 Å². The van der Waals surface area contributed by atoms with Crippen molar-refractivity contribution in [1.82, 2.24) is 8.61 Å². The summed E-state index contributed by atoms with van der Waals surface area (Å²) in [5, 5.41) is 8.99. The van der Waals surface area contributed by atoms with Crippen LogP contribution in [0, 0.1) is 5.92 Å². The molecule has 0 aromatic heterocycles. The van der Waals surface area contributed by atoms with Gasteiger partial charge in [-0.25, -0.2) is 0 Å². The molecule has 1 saturated heterocycles. The summed E-state index contributed by atoms with van der Waals surface area (Å²) in [5.74, 6) is -1.51. The second-order valence-electron chi connectivity index (χ2n) is 4.80. The van der Waals surface area contributed by atoms with Gasteiger partial charge in [-0.1, -0.05) is 6.08 Å². The highest BCUT2D eigenvalue weighted by Gasteiger charge is 2.34. The van der Waals surface area contributed by atoms with Crippen molar-refractivity contribution in [1.29, 1.82) is 0 Å². The largest absolute Gasteiger partial charge is 0.481 e. The van der Waals surface area contributed by atoms with Crippen LogP contribution in [-0.2, 0) is 15.0 Å². The number of aliphatic carboxylic acids is 1. The normalized spacial score (nSPS) is 21.5. The highest BCUT2D eigenvalue weighted by Crippen LogP contribution is 2.20. The van der Waals surface area contributed by atoms with Gasteiger partial charge >= 0.3 is 5.97 Å².